The van der Waals surface area contributed by atoms with Crippen LogP contribution in [0.2, 0.25) is 0 Å². The molecule has 0 N–H and O–H groups in total. The second-order valence-corrected chi connectivity index (χ2v) is 25.3. The highest BCUT2D eigenvalue weighted by Crippen LogP contribution is 2.41. The first kappa shape index (κ1) is 57.5. The molecule has 0 bridgehead atoms. The van der Waals surface area contributed by atoms with Gasteiger partial charge in [-0.3, -0.25) is 29.9 Å². The van der Waals surface area contributed by atoms with Crippen LogP contribution in [0.3, 0.4) is 0 Å². The summed E-state index contributed by atoms with van der Waals surface area (Å²) < 4.78 is 0. The minimum atomic E-state index is 0.384. The predicted octanol–water partition coefficient (Wildman–Crippen LogP) is 12.1. The molecule has 6 aliphatic rings. The Bertz CT molecular complexity index is 4070. The Kier molecular flexibility index (Phi) is 16.0. The third kappa shape index (κ3) is 12.2. The normalized spacial score (nSPS) is 19.0. The van der Waals surface area contributed by atoms with Crippen molar-refractivity contribution in [3.63, 3.8) is 0 Å². The average molecular weight is 1230 g/mol. The highest BCUT2D eigenvalue weighted by atomic mass is 15.3. The molecule has 15 heterocycles. The van der Waals surface area contributed by atoms with Gasteiger partial charge < -0.3 is 29.4 Å². The third-order valence-electron chi connectivity index (χ3n) is 19.6. The summed E-state index contributed by atoms with van der Waals surface area (Å²) in [5, 5.41) is 3.53. The van der Waals surface area contributed by atoms with Crippen molar-refractivity contribution in [2.24, 2.45) is 0 Å². The molecule has 0 spiro atoms. The lowest BCUT2D eigenvalue weighted by molar-refractivity contribution is 0.507. The molecule has 3 aromatic carbocycles. The zero-order chi connectivity index (χ0) is 61.9. The fourth-order valence-corrected chi connectivity index (χ4v) is 14.4. The van der Waals surface area contributed by atoms with Gasteiger partial charge in [-0.25, -0.2) is 29.9 Å². The number of rotatable bonds is 12. The van der Waals surface area contributed by atoms with E-state index >= 15 is 0 Å². The van der Waals surface area contributed by atoms with Crippen molar-refractivity contribution in [2.75, 3.05) is 108 Å². The molecule has 0 aliphatic carbocycles. The van der Waals surface area contributed by atoms with Crippen LogP contribution >= 0.6 is 0 Å². The first-order valence-corrected chi connectivity index (χ1v) is 32.7. The van der Waals surface area contributed by atoms with E-state index < -0.39 is 0 Å². The molecule has 3 unspecified atom stereocenters. The van der Waals surface area contributed by atoms with Gasteiger partial charge in [-0.05, 0) is 109 Å². The highest BCUT2D eigenvalue weighted by Gasteiger charge is 2.39. The average Bonchev–Trinajstić information content (AvgIpc) is 1.49. The van der Waals surface area contributed by atoms with Crippen LogP contribution in [0.25, 0.3) is 32.7 Å². The molecule has 0 radical (unpaired) electrons. The van der Waals surface area contributed by atoms with E-state index in [0.717, 1.165) is 166 Å². The van der Waals surface area contributed by atoms with Crippen LogP contribution in [0.5, 0.6) is 0 Å². The van der Waals surface area contributed by atoms with Crippen molar-refractivity contribution >= 4 is 67.6 Å². The van der Waals surface area contributed by atoms with E-state index in [1.807, 2.05) is 111 Å². The molecule has 9 aromatic heterocycles. The SMILES string of the molecule is c1cncc(C2CCN(c3nccnc3C3CN(c4ccc5ccccc5n4)C3)C2)c1.c1cncc(C2CCN(c3nccnc3C3CN(c4ccc5ccccc5n4)C3)C2)c1.c1cncc(C2CCN(c3nccnc3C3CN(c4ccc5ccccc5n4)C3)C2)c1. The number of benzene rings is 3. The van der Waals surface area contributed by atoms with Crippen molar-refractivity contribution in [2.45, 2.75) is 54.8 Å². The molecule has 6 aliphatic heterocycles. The highest BCUT2D eigenvalue weighted by molar-refractivity contribution is 5.82. The second kappa shape index (κ2) is 25.9. The summed E-state index contributed by atoms with van der Waals surface area (Å²) in [4.78, 5) is 70.1. The number of hydrogen-bond donors (Lipinski definition) is 0. The van der Waals surface area contributed by atoms with Gasteiger partial charge in [0.2, 0.25) is 0 Å². The number of hydrogen-bond acceptors (Lipinski definition) is 18. The van der Waals surface area contributed by atoms with Gasteiger partial charge in [-0.1, -0.05) is 72.8 Å². The summed E-state index contributed by atoms with van der Waals surface area (Å²) in [6.07, 6.45) is 25.8. The summed E-state index contributed by atoms with van der Waals surface area (Å²) in [5.74, 6) is 8.92. The molecule has 93 heavy (non-hydrogen) atoms. The molecule has 6 fully saturated rings. The molecule has 18 rings (SSSR count). The summed E-state index contributed by atoms with van der Waals surface area (Å²) in [5.41, 5.74) is 10.4. The number of fused-ring (bicyclic) bond motifs is 3. The fourth-order valence-electron chi connectivity index (χ4n) is 14.4. The Morgan fingerprint density at radius 3 is 0.849 bits per heavy atom. The first-order valence-electron chi connectivity index (χ1n) is 32.7. The van der Waals surface area contributed by atoms with Crippen LogP contribution < -0.4 is 29.4 Å². The summed E-state index contributed by atoms with van der Waals surface area (Å²) in [7, 11) is 0. The number of nitrogens with zero attached hydrogens (tertiary/aromatic N) is 18. The minimum Gasteiger partial charge on any atom is -0.355 e. The quantitative estimate of drug-likeness (QED) is 0.113. The Morgan fingerprint density at radius 2 is 0.548 bits per heavy atom. The van der Waals surface area contributed by atoms with E-state index in [1.54, 1.807) is 0 Å². The van der Waals surface area contributed by atoms with E-state index in [1.165, 1.54) is 32.8 Å². The van der Waals surface area contributed by atoms with Crippen LogP contribution in [0.15, 0.2) is 220 Å². The number of aromatic nitrogens is 12. The number of anilines is 6. The topological polar surface area (TPSA) is 174 Å². The maximum Gasteiger partial charge on any atom is 0.150 e. The van der Waals surface area contributed by atoms with Gasteiger partial charge in [0, 0.05) is 205 Å². The third-order valence-corrected chi connectivity index (χ3v) is 19.6. The first-order chi connectivity index (χ1) is 46.0. The smallest absolute Gasteiger partial charge is 0.150 e. The Hall–Kier alpha value is -10.6. The number of para-hydroxylation sites is 3. The largest absolute Gasteiger partial charge is 0.355 e. The van der Waals surface area contributed by atoms with Gasteiger partial charge in [-0.15, -0.1) is 0 Å². The number of pyridine rings is 6. The molecule has 18 nitrogen and oxygen atoms in total. The van der Waals surface area contributed by atoms with Crippen molar-refractivity contribution in [1.82, 2.24) is 59.8 Å². The van der Waals surface area contributed by atoms with E-state index in [-0.39, 0.29) is 0 Å². The fraction of sp³-hybridized carbons (Fsp3) is 0.280. The Balaban J connectivity index is 0.000000111. The van der Waals surface area contributed by atoms with E-state index in [4.69, 9.17) is 44.9 Å². The van der Waals surface area contributed by atoms with Gasteiger partial charge in [0.1, 0.15) is 17.5 Å². The van der Waals surface area contributed by atoms with Gasteiger partial charge in [0.25, 0.3) is 0 Å². The van der Waals surface area contributed by atoms with Crippen LogP contribution in [0.1, 0.15) is 88.5 Å². The van der Waals surface area contributed by atoms with Crippen molar-refractivity contribution in [3.05, 3.63) is 254 Å². The Labute approximate surface area is 541 Å². The lowest BCUT2D eigenvalue weighted by Crippen LogP contribution is -2.46. The van der Waals surface area contributed by atoms with Gasteiger partial charge >= 0.3 is 0 Å². The van der Waals surface area contributed by atoms with Crippen LogP contribution in [-0.2, 0) is 0 Å². The maximum absolute atomic E-state index is 4.84. The zero-order valence-electron chi connectivity index (χ0n) is 51.9. The van der Waals surface area contributed by atoms with Crippen molar-refractivity contribution in [1.29, 1.82) is 0 Å². The van der Waals surface area contributed by atoms with Crippen LogP contribution in [-0.4, -0.2) is 138 Å². The minimum absolute atomic E-state index is 0.384. The lowest BCUT2D eigenvalue weighted by atomic mass is 9.95. The molecule has 0 amide bonds. The molecule has 18 heteroatoms. The summed E-state index contributed by atoms with van der Waals surface area (Å²) in [6.45, 7) is 11.5. The molecule has 3 atom stereocenters. The second-order valence-electron chi connectivity index (χ2n) is 25.3. The van der Waals surface area contributed by atoms with Gasteiger partial charge in [0.15, 0.2) is 17.5 Å². The van der Waals surface area contributed by atoms with Crippen LogP contribution in [0.4, 0.5) is 34.9 Å². The standard InChI is InChI=1S/3C25H24N6/c3*1-2-6-22-18(4-1)7-8-23(29-22)31-16-21(17-31)24-25(28-12-11-27-24)30-13-9-20(15-30)19-5-3-10-26-14-19/h3*1-8,10-12,14,20-21H,9,13,15-17H2. The molecule has 12 aromatic rings. The lowest BCUT2D eigenvalue weighted by Gasteiger charge is -2.40. The van der Waals surface area contributed by atoms with Crippen LogP contribution in [0, 0.1) is 0 Å². The molecule has 0 saturated carbocycles. The molecular formula is C75H72N18. The van der Waals surface area contributed by atoms with Gasteiger partial charge in [-0.2, -0.15) is 0 Å². The zero-order valence-corrected chi connectivity index (χ0v) is 51.9. The molecular weight excluding hydrogens is 1150 g/mol. The monoisotopic (exact) mass is 1220 g/mol. The summed E-state index contributed by atoms with van der Waals surface area (Å²) >= 11 is 0. The van der Waals surface area contributed by atoms with Gasteiger partial charge in [0.05, 0.1) is 33.6 Å². The van der Waals surface area contributed by atoms with Crippen molar-refractivity contribution in [3.8, 4) is 0 Å². The molecule has 6 saturated heterocycles. The predicted molar refractivity (Wildman–Crippen MR) is 368 cm³/mol. The van der Waals surface area contributed by atoms with E-state index in [9.17, 15) is 0 Å². The van der Waals surface area contributed by atoms with Crippen molar-refractivity contribution < 1.29 is 0 Å². The summed E-state index contributed by atoms with van der Waals surface area (Å²) in [6, 6.07) is 50.2. The van der Waals surface area contributed by atoms with E-state index in [0.29, 0.717) is 35.5 Å². The molecule has 462 valence electrons. The van der Waals surface area contributed by atoms with E-state index in [2.05, 4.69) is 154 Å². The Morgan fingerprint density at radius 1 is 0.258 bits per heavy atom. The maximum atomic E-state index is 4.84.